The molecular formula is C13H18N4O2. The highest BCUT2D eigenvalue weighted by atomic mass is 16.2. The summed E-state index contributed by atoms with van der Waals surface area (Å²) in [4.78, 5) is 25.3. The molecule has 0 bridgehead atoms. The molecule has 6 heteroatoms. The molecular weight excluding hydrogens is 244 g/mol. The van der Waals surface area contributed by atoms with Gasteiger partial charge in [-0.25, -0.2) is 0 Å². The van der Waals surface area contributed by atoms with Crippen molar-refractivity contribution in [3.8, 4) is 0 Å². The van der Waals surface area contributed by atoms with Gasteiger partial charge in [0.1, 0.15) is 6.04 Å². The van der Waals surface area contributed by atoms with Gasteiger partial charge in [0, 0.05) is 19.3 Å². The van der Waals surface area contributed by atoms with Crippen LogP contribution in [-0.2, 0) is 4.79 Å². The number of primary amides is 1. The monoisotopic (exact) mass is 262 g/mol. The summed E-state index contributed by atoms with van der Waals surface area (Å²) < 4.78 is 0. The van der Waals surface area contributed by atoms with E-state index in [0.717, 1.165) is 12.8 Å². The third-order valence-electron chi connectivity index (χ3n) is 3.40. The lowest BCUT2D eigenvalue weighted by molar-refractivity contribution is -0.121. The number of nitrogens with one attached hydrogen (secondary N) is 1. The van der Waals surface area contributed by atoms with Crippen LogP contribution in [0.25, 0.3) is 0 Å². The molecule has 1 unspecified atom stereocenters. The van der Waals surface area contributed by atoms with Gasteiger partial charge in [-0.15, -0.1) is 0 Å². The second-order valence-corrected chi connectivity index (χ2v) is 4.61. The molecule has 102 valence electrons. The molecule has 1 fully saturated rings. The van der Waals surface area contributed by atoms with Crippen LogP contribution < -0.4 is 21.7 Å². The predicted octanol–water partition coefficient (Wildman–Crippen LogP) is 0.0825. The first-order chi connectivity index (χ1) is 9.04. The molecule has 0 radical (unpaired) electrons. The van der Waals surface area contributed by atoms with Crippen LogP contribution >= 0.6 is 0 Å². The Labute approximate surface area is 111 Å². The molecule has 1 heterocycles. The molecule has 1 aliphatic heterocycles. The summed E-state index contributed by atoms with van der Waals surface area (Å²) in [6.07, 6.45) is 1.65. The average molecular weight is 262 g/mol. The van der Waals surface area contributed by atoms with Gasteiger partial charge in [0.25, 0.3) is 5.91 Å². The molecule has 1 saturated heterocycles. The quantitative estimate of drug-likeness (QED) is 0.671. The van der Waals surface area contributed by atoms with Gasteiger partial charge in [-0.1, -0.05) is 0 Å². The van der Waals surface area contributed by atoms with E-state index < -0.39 is 5.91 Å². The van der Waals surface area contributed by atoms with E-state index in [1.807, 2.05) is 4.90 Å². The number of likely N-dealkylation sites (N-methyl/N-ethyl adjacent to an activating group) is 1. The Morgan fingerprint density at radius 3 is 2.79 bits per heavy atom. The van der Waals surface area contributed by atoms with Crippen molar-refractivity contribution in [2.75, 3.05) is 24.2 Å². The van der Waals surface area contributed by atoms with Crippen LogP contribution in [0.4, 0.5) is 11.4 Å². The Balaban J connectivity index is 2.42. The SMILES string of the molecule is CNC(=O)C1CCCN1c1cc(N)ccc1C(N)=O. The Morgan fingerprint density at radius 2 is 2.16 bits per heavy atom. The summed E-state index contributed by atoms with van der Waals surface area (Å²) in [6.45, 7) is 0.710. The molecule has 6 nitrogen and oxygen atoms in total. The number of anilines is 2. The zero-order valence-electron chi connectivity index (χ0n) is 10.8. The van der Waals surface area contributed by atoms with Gasteiger partial charge in [0.2, 0.25) is 5.91 Å². The van der Waals surface area contributed by atoms with Crippen LogP contribution in [0.3, 0.4) is 0 Å². The van der Waals surface area contributed by atoms with E-state index in [1.54, 1.807) is 25.2 Å². The standard InChI is InChI=1S/C13H18N4O2/c1-16-13(19)10-3-2-6-17(10)11-7-8(14)4-5-9(11)12(15)18/h4-5,7,10H,2-3,6,14H2,1H3,(H2,15,18)(H,16,19). The van der Waals surface area contributed by atoms with E-state index in [0.29, 0.717) is 23.5 Å². The number of nitrogens with zero attached hydrogens (tertiary/aromatic N) is 1. The molecule has 1 atom stereocenters. The summed E-state index contributed by atoms with van der Waals surface area (Å²) >= 11 is 0. The van der Waals surface area contributed by atoms with Gasteiger partial charge in [-0.05, 0) is 31.0 Å². The molecule has 19 heavy (non-hydrogen) atoms. The minimum atomic E-state index is -0.516. The van der Waals surface area contributed by atoms with Crippen molar-refractivity contribution in [3.63, 3.8) is 0 Å². The topological polar surface area (TPSA) is 101 Å². The zero-order chi connectivity index (χ0) is 14.0. The Kier molecular flexibility index (Phi) is 3.59. The molecule has 1 aliphatic rings. The highest BCUT2D eigenvalue weighted by Crippen LogP contribution is 2.30. The highest BCUT2D eigenvalue weighted by molar-refractivity contribution is 6.00. The smallest absolute Gasteiger partial charge is 0.250 e. The number of carbonyl (C=O) groups excluding carboxylic acids is 2. The third kappa shape index (κ3) is 2.47. The van der Waals surface area contributed by atoms with Crippen molar-refractivity contribution in [1.82, 2.24) is 5.32 Å². The molecule has 0 aliphatic carbocycles. The maximum Gasteiger partial charge on any atom is 0.250 e. The van der Waals surface area contributed by atoms with Crippen LogP contribution in [0.15, 0.2) is 18.2 Å². The lowest BCUT2D eigenvalue weighted by atomic mass is 10.1. The van der Waals surface area contributed by atoms with E-state index in [2.05, 4.69) is 5.32 Å². The van der Waals surface area contributed by atoms with Gasteiger partial charge in [0.05, 0.1) is 11.3 Å². The number of nitrogen functional groups attached to an aromatic ring is 1. The summed E-state index contributed by atoms with van der Waals surface area (Å²) in [7, 11) is 1.60. The first-order valence-electron chi connectivity index (χ1n) is 6.22. The van der Waals surface area contributed by atoms with Crippen molar-refractivity contribution < 1.29 is 9.59 Å². The molecule has 0 spiro atoms. The van der Waals surface area contributed by atoms with Crippen LogP contribution in [0.2, 0.25) is 0 Å². The molecule has 1 aromatic carbocycles. The minimum Gasteiger partial charge on any atom is -0.399 e. The lowest BCUT2D eigenvalue weighted by Gasteiger charge is -2.27. The molecule has 2 amide bonds. The highest BCUT2D eigenvalue weighted by Gasteiger charge is 2.32. The number of rotatable bonds is 3. The van der Waals surface area contributed by atoms with Gasteiger partial charge in [-0.2, -0.15) is 0 Å². The number of nitrogens with two attached hydrogens (primary N) is 2. The number of carbonyl (C=O) groups is 2. The Morgan fingerprint density at radius 1 is 1.42 bits per heavy atom. The first-order valence-corrected chi connectivity index (χ1v) is 6.22. The van der Waals surface area contributed by atoms with Gasteiger partial charge in [-0.3, -0.25) is 9.59 Å². The van der Waals surface area contributed by atoms with Crippen LogP contribution in [0.1, 0.15) is 23.2 Å². The maximum absolute atomic E-state index is 11.9. The summed E-state index contributed by atoms with van der Waals surface area (Å²) in [5.74, 6) is -0.576. The second-order valence-electron chi connectivity index (χ2n) is 4.61. The van der Waals surface area contributed by atoms with E-state index >= 15 is 0 Å². The summed E-state index contributed by atoms with van der Waals surface area (Å²) in [5.41, 5.74) is 12.7. The maximum atomic E-state index is 11.9. The van der Waals surface area contributed by atoms with Crippen molar-refractivity contribution >= 4 is 23.2 Å². The van der Waals surface area contributed by atoms with Crippen molar-refractivity contribution in [3.05, 3.63) is 23.8 Å². The molecule has 1 aromatic rings. The van der Waals surface area contributed by atoms with E-state index in [-0.39, 0.29) is 11.9 Å². The van der Waals surface area contributed by atoms with Crippen LogP contribution in [0, 0.1) is 0 Å². The normalized spacial score (nSPS) is 18.4. The van der Waals surface area contributed by atoms with Crippen LogP contribution in [0.5, 0.6) is 0 Å². The molecule has 2 rings (SSSR count). The lowest BCUT2D eigenvalue weighted by Crippen LogP contribution is -2.42. The Hall–Kier alpha value is -2.24. The van der Waals surface area contributed by atoms with Crippen LogP contribution in [-0.4, -0.2) is 31.4 Å². The van der Waals surface area contributed by atoms with Crippen molar-refractivity contribution in [2.24, 2.45) is 5.73 Å². The minimum absolute atomic E-state index is 0.0599. The third-order valence-corrected chi connectivity index (χ3v) is 3.40. The second kappa shape index (κ2) is 5.17. The fourth-order valence-electron chi connectivity index (χ4n) is 2.49. The number of hydrogen-bond acceptors (Lipinski definition) is 4. The Bertz CT molecular complexity index is 515. The van der Waals surface area contributed by atoms with Crippen molar-refractivity contribution in [1.29, 1.82) is 0 Å². The largest absolute Gasteiger partial charge is 0.399 e. The molecule has 5 N–H and O–H groups in total. The number of benzene rings is 1. The van der Waals surface area contributed by atoms with Gasteiger partial charge in [0.15, 0.2) is 0 Å². The summed E-state index contributed by atoms with van der Waals surface area (Å²) in [5, 5.41) is 2.64. The van der Waals surface area contributed by atoms with E-state index in [1.165, 1.54) is 0 Å². The zero-order valence-corrected chi connectivity index (χ0v) is 10.8. The number of amides is 2. The average Bonchev–Trinajstić information content (AvgIpc) is 2.86. The number of hydrogen-bond donors (Lipinski definition) is 3. The van der Waals surface area contributed by atoms with E-state index in [4.69, 9.17) is 11.5 Å². The van der Waals surface area contributed by atoms with Crippen molar-refractivity contribution in [2.45, 2.75) is 18.9 Å². The summed E-state index contributed by atoms with van der Waals surface area (Å²) in [6, 6.07) is 4.66. The molecule has 0 saturated carbocycles. The van der Waals surface area contributed by atoms with Gasteiger partial charge < -0.3 is 21.7 Å². The predicted molar refractivity (Wildman–Crippen MR) is 73.8 cm³/mol. The first kappa shape index (κ1) is 13.2. The molecule has 0 aromatic heterocycles. The fraction of sp³-hybridized carbons (Fsp3) is 0.385. The fourth-order valence-corrected chi connectivity index (χ4v) is 2.49. The van der Waals surface area contributed by atoms with Gasteiger partial charge >= 0.3 is 0 Å². The van der Waals surface area contributed by atoms with E-state index in [9.17, 15) is 9.59 Å².